The van der Waals surface area contributed by atoms with Crippen LogP contribution in [0.15, 0.2) is 29.4 Å². The van der Waals surface area contributed by atoms with E-state index in [4.69, 9.17) is 10.5 Å². The highest BCUT2D eigenvalue weighted by atomic mass is 16.5. The number of carbonyl (C=O) groups is 1. The number of nitrogens with zero attached hydrogens (tertiary/aromatic N) is 1. The van der Waals surface area contributed by atoms with Crippen molar-refractivity contribution in [1.82, 2.24) is 5.43 Å². The molecule has 0 aliphatic heterocycles. The Hall–Kier alpha value is -1.88. The molecule has 1 aliphatic carbocycles. The van der Waals surface area contributed by atoms with Crippen molar-refractivity contribution < 1.29 is 9.53 Å². The number of hydrogen-bond donors (Lipinski definition) is 2. The fourth-order valence-electron chi connectivity index (χ4n) is 2.32. The van der Waals surface area contributed by atoms with Gasteiger partial charge in [-0.25, -0.2) is 10.2 Å². The van der Waals surface area contributed by atoms with E-state index in [0.717, 1.165) is 11.1 Å². The molecule has 5 heteroatoms. The topological polar surface area (TPSA) is 76.7 Å². The molecule has 2 rings (SSSR count). The Morgan fingerprint density at radius 2 is 2.00 bits per heavy atom. The van der Waals surface area contributed by atoms with Gasteiger partial charge >= 0.3 is 6.03 Å². The number of nitrogens with two attached hydrogens (primary N) is 1. The lowest BCUT2D eigenvalue weighted by Crippen LogP contribution is -2.24. The number of urea groups is 1. The standard InChI is InChI=1S/C15H21N3O2/c16-15(19)18-17-10-12-6-8-13(9-7-12)11-20-14-4-2-1-3-5-14/h6-10,14H,1-5,11H2,(H3,16,18,19). The van der Waals surface area contributed by atoms with Crippen LogP contribution in [-0.4, -0.2) is 18.3 Å². The van der Waals surface area contributed by atoms with E-state index < -0.39 is 6.03 Å². The van der Waals surface area contributed by atoms with Crippen LogP contribution < -0.4 is 11.2 Å². The molecule has 0 unspecified atom stereocenters. The first-order chi connectivity index (χ1) is 9.74. The Morgan fingerprint density at radius 3 is 2.65 bits per heavy atom. The minimum Gasteiger partial charge on any atom is -0.374 e. The molecule has 0 saturated heterocycles. The predicted octanol–water partition coefficient (Wildman–Crippen LogP) is 2.54. The number of carbonyl (C=O) groups excluding carboxylic acids is 1. The molecule has 1 aromatic carbocycles. The van der Waals surface area contributed by atoms with Gasteiger partial charge in [-0.1, -0.05) is 43.5 Å². The van der Waals surface area contributed by atoms with Gasteiger partial charge in [0.25, 0.3) is 0 Å². The molecule has 108 valence electrons. The molecule has 3 N–H and O–H groups in total. The van der Waals surface area contributed by atoms with Gasteiger partial charge in [0.15, 0.2) is 0 Å². The summed E-state index contributed by atoms with van der Waals surface area (Å²) in [6.07, 6.45) is 8.25. The van der Waals surface area contributed by atoms with Gasteiger partial charge < -0.3 is 10.5 Å². The molecule has 5 nitrogen and oxygen atoms in total. The van der Waals surface area contributed by atoms with Crippen molar-refractivity contribution in [2.24, 2.45) is 10.8 Å². The van der Waals surface area contributed by atoms with Crippen molar-refractivity contribution in [3.63, 3.8) is 0 Å². The predicted molar refractivity (Wildman–Crippen MR) is 78.4 cm³/mol. The molecule has 0 radical (unpaired) electrons. The number of rotatable bonds is 5. The van der Waals surface area contributed by atoms with E-state index in [1.54, 1.807) is 6.21 Å². The Morgan fingerprint density at radius 1 is 1.30 bits per heavy atom. The monoisotopic (exact) mass is 275 g/mol. The van der Waals surface area contributed by atoms with Crippen LogP contribution in [0, 0.1) is 0 Å². The second kappa shape index (κ2) is 7.65. The van der Waals surface area contributed by atoms with Crippen LogP contribution >= 0.6 is 0 Å². The summed E-state index contributed by atoms with van der Waals surface area (Å²) in [6.45, 7) is 0.654. The Bertz CT molecular complexity index is 451. The third-order valence-corrected chi connectivity index (χ3v) is 3.41. The fraction of sp³-hybridized carbons (Fsp3) is 0.467. The second-order valence-corrected chi connectivity index (χ2v) is 5.05. The zero-order valence-electron chi connectivity index (χ0n) is 11.5. The number of hydrogen-bond acceptors (Lipinski definition) is 3. The minimum absolute atomic E-state index is 0.421. The van der Waals surface area contributed by atoms with Gasteiger partial charge in [-0.15, -0.1) is 0 Å². The van der Waals surface area contributed by atoms with Gasteiger partial charge in [0.2, 0.25) is 0 Å². The number of hydrazone groups is 1. The van der Waals surface area contributed by atoms with E-state index in [9.17, 15) is 4.79 Å². The van der Waals surface area contributed by atoms with Crippen molar-refractivity contribution in [3.05, 3.63) is 35.4 Å². The van der Waals surface area contributed by atoms with E-state index in [1.165, 1.54) is 32.1 Å². The maximum absolute atomic E-state index is 10.5. The third kappa shape index (κ3) is 5.01. The fourth-order valence-corrected chi connectivity index (χ4v) is 2.32. The highest BCUT2D eigenvalue weighted by Crippen LogP contribution is 2.21. The van der Waals surface area contributed by atoms with Crippen LogP contribution in [-0.2, 0) is 11.3 Å². The van der Waals surface area contributed by atoms with Crippen LogP contribution in [0.2, 0.25) is 0 Å². The van der Waals surface area contributed by atoms with Crippen LogP contribution in [0.4, 0.5) is 4.79 Å². The molecular weight excluding hydrogens is 254 g/mol. The van der Waals surface area contributed by atoms with Gasteiger partial charge in [-0.3, -0.25) is 0 Å². The number of amides is 2. The summed E-state index contributed by atoms with van der Waals surface area (Å²) in [4.78, 5) is 10.5. The van der Waals surface area contributed by atoms with Crippen LogP contribution in [0.1, 0.15) is 43.2 Å². The largest absolute Gasteiger partial charge is 0.374 e. The SMILES string of the molecule is NC(=O)NN=Cc1ccc(COC2CCCCC2)cc1. The van der Waals surface area contributed by atoms with Crippen molar-refractivity contribution in [2.45, 2.75) is 44.8 Å². The maximum Gasteiger partial charge on any atom is 0.332 e. The smallest absolute Gasteiger partial charge is 0.332 e. The van der Waals surface area contributed by atoms with E-state index in [-0.39, 0.29) is 0 Å². The van der Waals surface area contributed by atoms with Crippen molar-refractivity contribution in [2.75, 3.05) is 0 Å². The third-order valence-electron chi connectivity index (χ3n) is 3.41. The number of nitrogens with one attached hydrogen (secondary N) is 1. The molecule has 20 heavy (non-hydrogen) atoms. The van der Waals surface area contributed by atoms with E-state index in [0.29, 0.717) is 12.7 Å². The summed E-state index contributed by atoms with van der Waals surface area (Å²) in [5.74, 6) is 0. The molecule has 1 aliphatic rings. The summed E-state index contributed by atoms with van der Waals surface area (Å²) in [5.41, 5.74) is 9.12. The molecule has 0 aromatic heterocycles. The summed E-state index contributed by atoms with van der Waals surface area (Å²) >= 11 is 0. The van der Waals surface area contributed by atoms with Crippen molar-refractivity contribution >= 4 is 12.2 Å². The van der Waals surface area contributed by atoms with Crippen LogP contribution in [0.3, 0.4) is 0 Å². The summed E-state index contributed by atoms with van der Waals surface area (Å²) < 4.78 is 5.91. The Balaban J connectivity index is 1.78. The zero-order chi connectivity index (χ0) is 14.2. The number of primary amides is 1. The molecule has 2 amide bonds. The highest BCUT2D eigenvalue weighted by Gasteiger charge is 2.13. The summed E-state index contributed by atoms with van der Waals surface area (Å²) in [6, 6.07) is 7.22. The average Bonchev–Trinajstić information content (AvgIpc) is 2.47. The first kappa shape index (κ1) is 14.5. The van der Waals surface area contributed by atoms with Crippen molar-refractivity contribution in [1.29, 1.82) is 0 Å². The molecule has 1 fully saturated rings. The molecular formula is C15H21N3O2. The molecule has 0 bridgehead atoms. The van der Waals surface area contributed by atoms with Gasteiger partial charge in [0.05, 0.1) is 18.9 Å². The lowest BCUT2D eigenvalue weighted by molar-refractivity contribution is 0.0169. The number of ether oxygens (including phenoxy) is 1. The van der Waals surface area contributed by atoms with E-state index in [1.807, 2.05) is 24.3 Å². The highest BCUT2D eigenvalue weighted by molar-refractivity contribution is 5.81. The summed E-state index contributed by atoms with van der Waals surface area (Å²) in [7, 11) is 0. The Kier molecular flexibility index (Phi) is 5.55. The maximum atomic E-state index is 10.5. The lowest BCUT2D eigenvalue weighted by atomic mass is 9.98. The van der Waals surface area contributed by atoms with Crippen molar-refractivity contribution in [3.8, 4) is 0 Å². The van der Waals surface area contributed by atoms with Gasteiger partial charge in [0, 0.05) is 0 Å². The van der Waals surface area contributed by atoms with Gasteiger partial charge in [0.1, 0.15) is 0 Å². The number of benzene rings is 1. The first-order valence-corrected chi connectivity index (χ1v) is 7.03. The van der Waals surface area contributed by atoms with Gasteiger partial charge in [-0.05, 0) is 24.0 Å². The van der Waals surface area contributed by atoms with Gasteiger partial charge in [-0.2, -0.15) is 5.10 Å². The minimum atomic E-state index is -0.668. The molecule has 1 aromatic rings. The quantitative estimate of drug-likeness (QED) is 0.640. The molecule has 0 atom stereocenters. The molecule has 1 saturated carbocycles. The van der Waals surface area contributed by atoms with E-state index in [2.05, 4.69) is 10.5 Å². The summed E-state index contributed by atoms with van der Waals surface area (Å²) in [5, 5.41) is 3.71. The molecule has 0 heterocycles. The first-order valence-electron chi connectivity index (χ1n) is 7.03. The Labute approximate surface area is 119 Å². The normalized spacial score (nSPS) is 16.4. The molecule has 0 spiro atoms. The second-order valence-electron chi connectivity index (χ2n) is 5.05. The van der Waals surface area contributed by atoms with E-state index >= 15 is 0 Å². The zero-order valence-corrected chi connectivity index (χ0v) is 11.5. The lowest BCUT2D eigenvalue weighted by Gasteiger charge is -2.22. The van der Waals surface area contributed by atoms with Crippen LogP contribution in [0.25, 0.3) is 0 Å². The van der Waals surface area contributed by atoms with Crippen LogP contribution in [0.5, 0.6) is 0 Å². The average molecular weight is 275 g/mol.